The number of ether oxygens (including phenoxy) is 1. The zero-order valence-electron chi connectivity index (χ0n) is 13.0. The zero-order chi connectivity index (χ0) is 14.4. The Balaban J connectivity index is 0.00000220. The molecule has 21 heavy (non-hydrogen) atoms. The van der Waals surface area contributed by atoms with Crippen molar-refractivity contribution in [2.24, 2.45) is 10.9 Å². The molecule has 0 aromatic carbocycles. The van der Waals surface area contributed by atoms with E-state index in [1.165, 1.54) is 12.8 Å². The van der Waals surface area contributed by atoms with Crippen molar-refractivity contribution in [2.75, 3.05) is 53.5 Å². The highest BCUT2D eigenvalue weighted by Crippen LogP contribution is 2.12. The second-order valence-electron chi connectivity index (χ2n) is 5.73. The number of hydrogen-bond donors (Lipinski definition) is 1. The minimum atomic E-state index is 0. The van der Waals surface area contributed by atoms with Gasteiger partial charge in [-0.2, -0.15) is 0 Å². The summed E-state index contributed by atoms with van der Waals surface area (Å²) in [4.78, 5) is 20.0. The highest BCUT2D eigenvalue weighted by atomic mass is 127. The zero-order valence-corrected chi connectivity index (χ0v) is 15.3. The molecule has 7 heteroatoms. The molecule has 0 aliphatic carbocycles. The van der Waals surface area contributed by atoms with Crippen LogP contribution in [-0.4, -0.2) is 75.2 Å². The van der Waals surface area contributed by atoms with Crippen molar-refractivity contribution < 1.29 is 9.53 Å². The number of amides is 1. The van der Waals surface area contributed by atoms with Crippen molar-refractivity contribution in [3.8, 4) is 0 Å². The summed E-state index contributed by atoms with van der Waals surface area (Å²) < 4.78 is 5.39. The van der Waals surface area contributed by atoms with Crippen LogP contribution in [0.1, 0.15) is 19.3 Å². The fraction of sp³-hybridized carbons (Fsp3) is 0.857. The Morgan fingerprint density at radius 1 is 1.38 bits per heavy atom. The predicted molar refractivity (Wildman–Crippen MR) is 94.1 cm³/mol. The van der Waals surface area contributed by atoms with E-state index in [0.717, 1.165) is 45.2 Å². The van der Waals surface area contributed by atoms with Crippen molar-refractivity contribution in [1.82, 2.24) is 15.1 Å². The molecule has 1 atom stereocenters. The Morgan fingerprint density at radius 2 is 2.10 bits per heavy atom. The normalized spacial score (nSPS) is 22.1. The summed E-state index contributed by atoms with van der Waals surface area (Å²) in [6, 6.07) is 0. The molecule has 1 unspecified atom stereocenters. The van der Waals surface area contributed by atoms with Gasteiger partial charge in [-0.05, 0) is 19.3 Å². The van der Waals surface area contributed by atoms with Gasteiger partial charge in [0.05, 0.1) is 6.61 Å². The average molecular weight is 410 g/mol. The summed E-state index contributed by atoms with van der Waals surface area (Å²) in [5, 5.41) is 3.42. The SMILES string of the molecule is CN(C)C(=O)CN=C(NCC1CCOC1)N1CCCC1.I. The van der Waals surface area contributed by atoms with Gasteiger partial charge in [-0.1, -0.05) is 0 Å². The lowest BCUT2D eigenvalue weighted by molar-refractivity contribution is -0.127. The van der Waals surface area contributed by atoms with Crippen LogP contribution in [0.25, 0.3) is 0 Å². The maximum Gasteiger partial charge on any atom is 0.243 e. The molecule has 0 spiro atoms. The van der Waals surface area contributed by atoms with Gasteiger partial charge in [0.15, 0.2) is 5.96 Å². The number of likely N-dealkylation sites (tertiary alicyclic amines) is 1. The maximum atomic E-state index is 11.7. The van der Waals surface area contributed by atoms with Crippen LogP contribution < -0.4 is 5.32 Å². The number of halogens is 1. The highest BCUT2D eigenvalue weighted by Gasteiger charge is 2.20. The summed E-state index contributed by atoms with van der Waals surface area (Å²) in [6.07, 6.45) is 3.51. The lowest BCUT2D eigenvalue weighted by atomic mass is 10.1. The molecule has 2 rings (SSSR count). The molecule has 6 nitrogen and oxygen atoms in total. The summed E-state index contributed by atoms with van der Waals surface area (Å²) in [7, 11) is 3.52. The predicted octanol–water partition coefficient (Wildman–Crippen LogP) is 0.770. The molecule has 1 amide bonds. The van der Waals surface area contributed by atoms with Gasteiger partial charge in [0.25, 0.3) is 0 Å². The molecular formula is C14H27IN4O2. The van der Waals surface area contributed by atoms with E-state index < -0.39 is 0 Å². The van der Waals surface area contributed by atoms with Crippen LogP contribution in [0.5, 0.6) is 0 Å². The van der Waals surface area contributed by atoms with Crippen molar-refractivity contribution in [2.45, 2.75) is 19.3 Å². The van der Waals surface area contributed by atoms with E-state index in [4.69, 9.17) is 4.74 Å². The Morgan fingerprint density at radius 3 is 2.67 bits per heavy atom. The van der Waals surface area contributed by atoms with E-state index in [0.29, 0.717) is 5.92 Å². The van der Waals surface area contributed by atoms with Crippen LogP contribution in [0.2, 0.25) is 0 Å². The fourth-order valence-electron chi connectivity index (χ4n) is 2.46. The number of nitrogens with one attached hydrogen (secondary N) is 1. The first kappa shape index (κ1) is 18.5. The van der Waals surface area contributed by atoms with Crippen LogP contribution in [0.15, 0.2) is 4.99 Å². The van der Waals surface area contributed by atoms with Gasteiger partial charge in [-0.25, -0.2) is 4.99 Å². The Labute approximate surface area is 144 Å². The average Bonchev–Trinajstić information content (AvgIpc) is 3.11. The maximum absolute atomic E-state index is 11.7. The minimum absolute atomic E-state index is 0. The van der Waals surface area contributed by atoms with Gasteiger partial charge in [0, 0.05) is 46.3 Å². The van der Waals surface area contributed by atoms with E-state index in [1.54, 1.807) is 19.0 Å². The molecule has 2 aliphatic rings. The van der Waals surface area contributed by atoms with Crippen LogP contribution in [0, 0.1) is 5.92 Å². The first-order chi connectivity index (χ1) is 9.66. The lowest BCUT2D eigenvalue weighted by Gasteiger charge is -2.23. The Bertz CT molecular complexity index is 351. The van der Waals surface area contributed by atoms with Gasteiger partial charge in [-0.3, -0.25) is 4.79 Å². The summed E-state index contributed by atoms with van der Waals surface area (Å²) >= 11 is 0. The number of hydrogen-bond acceptors (Lipinski definition) is 3. The molecular weight excluding hydrogens is 383 g/mol. The van der Waals surface area contributed by atoms with Gasteiger partial charge in [-0.15, -0.1) is 24.0 Å². The summed E-state index contributed by atoms with van der Waals surface area (Å²) in [5.74, 6) is 1.48. The summed E-state index contributed by atoms with van der Waals surface area (Å²) in [6.45, 7) is 4.85. The van der Waals surface area contributed by atoms with Crippen LogP contribution in [-0.2, 0) is 9.53 Å². The van der Waals surface area contributed by atoms with E-state index in [-0.39, 0.29) is 36.4 Å². The number of carbonyl (C=O) groups is 1. The first-order valence-electron chi connectivity index (χ1n) is 7.48. The van der Waals surface area contributed by atoms with Gasteiger partial charge < -0.3 is 19.9 Å². The molecule has 0 bridgehead atoms. The van der Waals surface area contributed by atoms with Gasteiger partial charge >= 0.3 is 0 Å². The molecule has 0 radical (unpaired) electrons. The molecule has 0 saturated carbocycles. The first-order valence-corrected chi connectivity index (χ1v) is 7.48. The number of guanidine groups is 1. The molecule has 0 aromatic rings. The number of aliphatic imine (C=N–C) groups is 1. The van der Waals surface area contributed by atoms with Crippen LogP contribution in [0.3, 0.4) is 0 Å². The van der Waals surface area contributed by atoms with Crippen LogP contribution >= 0.6 is 24.0 Å². The van der Waals surface area contributed by atoms with E-state index >= 15 is 0 Å². The molecule has 2 heterocycles. The van der Waals surface area contributed by atoms with Crippen LogP contribution in [0.4, 0.5) is 0 Å². The van der Waals surface area contributed by atoms with Gasteiger partial charge in [0.2, 0.25) is 5.91 Å². The largest absolute Gasteiger partial charge is 0.381 e. The third kappa shape index (κ3) is 5.98. The van der Waals surface area contributed by atoms with Crippen molar-refractivity contribution in [3.63, 3.8) is 0 Å². The van der Waals surface area contributed by atoms with E-state index in [2.05, 4.69) is 15.2 Å². The Kier molecular flexibility index (Phi) is 8.31. The highest BCUT2D eigenvalue weighted by molar-refractivity contribution is 14.0. The minimum Gasteiger partial charge on any atom is -0.381 e. The summed E-state index contributed by atoms with van der Waals surface area (Å²) in [5.41, 5.74) is 0. The van der Waals surface area contributed by atoms with Crippen molar-refractivity contribution in [3.05, 3.63) is 0 Å². The number of nitrogens with zero attached hydrogens (tertiary/aromatic N) is 3. The standard InChI is InChI=1S/C14H26N4O2.HI/c1-17(2)13(19)10-16-14(18-6-3-4-7-18)15-9-12-5-8-20-11-12;/h12H,3-11H2,1-2H3,(H,15,16);1H. The smallest absolute Gasteiger partial charge is 0.243 e. The molecule has 2 fully saturated rings. The van der Waals surface area contributed by atoms with Crippen molar-refractivity contribution >= 4 is 35.8 Å². The second kappa shape index (κ2) is 9.45. The molecule has 0 aromatic heterocycles. The Hall–Kier alpha value is -0.570. The van der Waals surface area contributed by atoms with E-state index in [9.17, 15) is 4.79 Å². The lowest BCUT2D eigenvalue weighted by Crippen LogP contribution is -2.42. The van der Waals surface area contributed by atoms with Crippen molar-refractivity contribution in [1.29, 1.82) is 0 Å². The number of carbonyl (C=O) groups excluding carboxylic acids is 1. The fourth-order valence-corrected chi connectivity index (χ4v) is 2.46. The molecule has 122 valence electrons. The molecule has 2 saturated heterocycles. The number of likely N-dealkylation sites (N-methyl/N-ethyl adjacent to an activating group) is 1. The third-order valence-corrected chi connectivity index (χ3v) is 3.84. The monoisotopic (exact) mass is 410 g/mol. The quantitative estimate of drug-likeness (QED) is 0.423. The third-order valence-electron chi connectivity index (χ3n) is 3.84. The second-order valence-corrected chi connectivity index (χ2v) is 5.73. The number of rotatable bonds is 4. The van der Waals surface area contributed by atoms with Gasteiger partial charge in [0.1, 0.15) is 6.54 Å². The topological polar surface area (TPSA) is 57.2 Å². The molecule has 2 aliphatic heterocycles. The van der Waals surface area contributed by atoms with E-state index in [1.807, 2.05) is 0 Å². The molecule has 1 N–H and O–H groups in total.